The number of carbonyl (C=O) groups excluding carboxylic acids is 1. The molecule has 2 heterocycles. The Kier molecular flexibility index (Phi) is 5.01. The van der Waals surface area contributed by atoms with Gasteiger partial charge in [0.15, 0.2) is 5.76 Å². The monoisotopic (exact) mass is 361 g/mol. The maximum absolute atomic E-state index is 13.2. The number of ether oxygens (including phenoxy) is 1. The smallest absolute Gasteiger partial charge is 0.412 e. The minimum absolute atomic E-state index is 0.154. The lowest BCUT2D eigenvalue weighted by atomic mass is 10.2. The summed E-state index contributed by atoms with van der Waals surface area (Å²) in [6, 6.07) is 12.0. The Morgan fingerprint density at radius 2 is 2.04 bits per heavy atom. The van der Waals surface area contributed by atoms with E-state index in [1.54, 1.807) is 6.20 Å². The molecule has 0 saturated carbocycles. The molecule has 0 atom stereocenters. The van der Waals surface area contributed by atoms with E-state index < -0.39 is 17.8 Å². The summed E-state index contributed by atoms with van der Waals surface area (Å²) in [5.74, 6) is -3.09. The molecule has 6 nitrogen and oxygen atoms in total. The van der Waals surface area contributed by atoms with Crippen LogP contribution in [0, 0.1) is 0 Å². The van der Waals surface area contributed by atoms with Gasteiger partial charge in [0.25, 0.3) is 0 Å². The van der Waals surface area contributed by atoms with Gasteiger partial charge in [-0.15, -0.1) is 0 Å². The van der Waals surface area contributed by atoms with Gasteiger partial charge in [0.05, 0.1) is 18.4 Å². The average Bonchev–Trinajstić information content (AvgIpc) is 3.24. The molecule has 26 heavy (non-hydrogen) atoms. The third-order valence-corrected chi connectivity index (χ3v) is 3.50. The van der Waals surface area contributed by atoms with Gasteiger partial charge in [-0.25, -0.2) is 4.79 Å². The molecule has 2 aromatic heterocycles. The molecule has 3 aromatic rings. The van der Waals surface area contributed by atoms with Crippen molar-refractivity contribution in [3.8, 4) is 0 Å². The maximum Gasteiger partial charge on any atom is 0.412 e. The van der Waals surface area contributed by atoms with Crippen molar-refractivity contribution >= 4 is 11.8 Å². The van der Waals surface area contributed by atoms with E-state index in [4.69, 9.17) is 9.15 Å². The van der Waals surface area contributed by atoms with Crippen LogP contribution in [0.4, 0.5) is 19.3 Å². The summed E-state index contributed by atoms with van der Waals surface area (Å²) in [6.45, 7) is 1.09. The van der Waals surface area contributed by atoms with Gasteiger partial charge in [-0.1, -0.05) is 30.3 Å². The van der Waals surface area contributed by atoms with Crippen molar-refractivity contribution in [1.82, 2.24) is 9.78 Å². The van der Waals surface area contributed by atoms with E-state index in [0.717, 1.165) is 12.5 Å². The minimum atomic E-state index is -3.03. The Balaban J connectivity index is 1.53. The first-order valence-electron chi connectivity index (χ1n) is 7.87. The number of furan rings is 1. The predicted octanol–water partition coefficient (Wildman–Crippen LogP) is 4.38. The number of rotatable bonds is 6. The second kappa shape index (κ2) is 7.38. The zero-order chi connectivity index (χ0) is 18.6. The number of nitrogens with one attached hydrogen (secondary N) is 1. The first-order valence-corrected chi connectivity index (χ1v) is 7.87. The van der Waals surface area contributed by atoms with Gasteiger partial charge in [-0.05, 0) is 17.7 Å². The molecule has 0 unspecified atom stereocenters. The number of carbonyl (C=O) groups is 1. The average molecular weight is 361 g/mol. The fourth-order valence-electron chi connectivity index (χ4n) is 2.25. The Hall–Kier alpha value is -3.16. The molecule has 0 spiro atoms. The lowest BCUT2D eigenvalue weighted by Gasteiger charge is -2.05. The summed E-state index contributed by atoms with van der Waals surface area (Å²) in [4.78, 5) is 11.8. The van der Waals surface area contributed by atoms with Gasteiger partial charge in [0, 0.05) is 13.1 Å². The molecule has 1 N–H and O–H groups in total. The molecule has 136 valence electrons. The summed E-state index contributed by atoms with van der Waals surface area (Å²) < 4.78 is 38.0. The molecule has 8 heteroatoms. The highest BCUT2D eigenvalue weighted by Gasteiger charge is 2.28. The highest BCUT2D eigenvalue weighted by Crippen LogP contribution is 2.28. The van der Waals surface area contributed by atoms with Crippen LogP contribution in [0.3, 0.4) is 0 Å². The van der Waals surface area contributed by atoms with Crippen LogP contribution in [0.2, 0.25) is 0 Å². The SMILES string of the molecule is CC(F)(F)c1ccc(Cn2cc(NC(=O)OCc3ccccc3)cn2)o1. The van der Waals surface area contributed by atoms with Crippen LogP contribution in [-0.2, 0) is 23.8 Å². The number of hydrogen-bond donors (Lipinski definition) is 1. The fraction of sp³-hybridized carbons (Fsp3) is 0.222. The summed E-state index contributed by atoms with van der Waals surface area (Å²) >= 11 is 0. The van der Waals surface area contributed by atoms with Gasteiger partial charge >= 0.3 is 12.0 Å². The zero-order valence-corrected chi connectivity index (χ0v) is 14.0. The molecule has 0 aliphatic carbocycles. The fourth-order valence-corrected chi connectivity index (χ4v) is 2.25. The van der Waals surface area contributed by atoms with E-state index in [2.05, 4.69) is 10.4 Å². The Bertz CT molecular complexity index is 869. The molecular formula is C18H17F2N3O3. The van der Waals surface area contributed by atoms with E-state index in [9.17, 15) is 13.6 Å². The van der Waals surface area contributed by atoms with E-state index >= 15 is 0 Å². The van der Waals surface area contributed by atoms with Crippen LogP contribution in [0.5, 0.6) is 0 Å². The summed E-state index contributed by atoms with van der Waals surface area (Å²) in [6.07, 6.45) is 2.37. The lowest BCUT2D eigenvalue weighted by Crippen LogP contribution is -2.13. The summed E-state index contributed by atoms with van der Waals surface area (Å²) in [7, 11) is 0. The zero-order valence-electron chi connectivity index (χ0n) is 14.0. The number of anilines is 1. The highest BCUT2D eigenvalue weighted by molar-refractivity contribution is 5.84. The number of aromatic nitrogens is 2. The normalized spacial score (nSPS) is 11.3. The third-order valence-electron chi connectivity index (χ3n) is 3.50. The van der Waals surface area contributed by atoms with Crippen LogP contribution < -0.4 is 5.32 Å². The molecule has 0 radical (unpaired) electrons. The Labute approximate surface area is 148 Å². The second-order valence-corrected chi connectivity index (χ2v) is 5.77. The number of nitrogens with zero attached hydrogens (tertiary/aromatic N) is 2. The van der Waals surface area contributed by atoms with Gasteiger partial charge in [-0.3, -0.25) is 10.00 Å². The van der Waals surface area contributed by atoms with Crippen molar-refractivity contribution in [2.75, 3.05) is 5.32 Å². The van der Waals surface area contributed by atoms with Crippen molar-refractivity contribution in [1.29, 1.82) is 0 Å². The van der Waals surface area contributed by atoms with Crippen molar-refractivity contribution in [2.45, 2.75) is 26.0 Å². The van der Waals surface area contributed by atoms with E-state index in [1.165, 1.54) is 23.0 Å². The molecule has 0 fully saturated rings. The Morgan fingerprint density at radius 1 is 1.27 bits per heavy atom. The maximum atomic E-state index is 13.2. The van der Waals surface area contributed by atoms with Crippen molar-refractivity contribution < 1.29 is 22.7 Å². The molecule has 3 rings (SSSR count). The summed E-state index contributed by atoms with van der Waals surface area (Å²) in [5.41, 5.74) is 1.30. The van der Waals surface area contributed by atoms with Crippen molar-refractivity contribution in [3.05, 3.63) is 71.9 Å². The first-order chi connectivity index (χ1) is 12.4. The predicted molar refractivity (Wildman–Crippen MR) is 89.9 cm³/mol. The number of alkyl halides is 2. The molecular weight excluding hydrogens is 344 g/mol. The highest BCUT2D eigenvalue weighted by atomic mass is 19.3. The molecule has 0 saturated heterocycles. The van der Waals surface area contributed by atoms with Crippen LogP contribution in [-0.4, -0.2) is 15.9 Å². The van der Waals surface area contributed by atoms with Crippen LogP contribution in [0.15, 0.2) is 59.3 Å². The topological polar surface area (TPSA) is 69.3 Å². The van der Waals surface area contributed by atoms with Crippen molar-refractivity contribution in [2.24, 2.45) is 0 Å². The lowest BCUT2D eigenvalue weighted by molar-refractivity contribution is -0.00636. The van der Waals surface area contributed by atoms with Crippen LogP contribution in [0.1, 0.15) is 24.0 Å². The van der Waals surface area contributed by atoms with Gasteiger partial charge in [-0.2, -0.15) is 13.9 Å². The largest absolute Gasteiger partial charge is 0.458 e. The molecule has 1 amide bonds. The van der Waals surface area contributed by atoms with Gasteiger partial charge in [0.1, 0.15) is 12.4 Å². The number of amides is 1. The minimum Gasteiger partial charge on any atom is -0.458 e. The van der Waals surface area contributed by atoms with Gasteiger partial charge < -0.3 is 9.15 Å². The van der Waals surface area contributed by atoms with E-state index in [-0.39, 0.29) is 13.2 Å². The number of benzene rings is 1. The summed E-state index contributed by atoms with van der Waals surface area (Å²) in [5, 5.41) is 6.61. The van der Waals surface area contributed by atoms with Crippen LogP contribution in [0.25, 0.3) is 0 Å². The van der Waals surface area contributed by atoms with Gasteiger partial charge in [0.2, 0.25) is 0 Å². The number of hydrogen-bond acceptors (Lipinski definition) is 4. The van der Waals surface area contributed by atoms with Crippen LogP contribution >= 0.6 is 0 Å². The molecule has 0 bridgehead atoms. The standard InChI is InChI=1S/C18H17F2N3O3/c1-18(19,20)16-8-7-15(26-16)11-23-10-14(9-21-23)22-17(24)25-12-13-5-3-2-4-6-13/h2-10H,11-12H2,1H3,(H,22,24). The molecule has 1 aromatic carbocycles. The number of halogens is 2. The quantitative estimate of drug-likeness (QED) is 0.707. The molecule has 0 aliphatic heterocycles. The second-order valence-electron chi connectivity index (χ2n) is 5.77. The van der Waals surface area contributed by atoms with E-state index in [0.29, 0.717) is 11.4 Å². The first kappa shape index (κ1) is 17.7. The Morgan fingerprint density at radius 3 is 2.73 bits per heavy atom. The van der Waals surface area contributed by atoms with Crippen molar-refractivity contribution in [3.63, 3.8) is 0 Å². The van der Waals surface area contributed by atoms with E-state index in [1.807, 2.05) is 30.3 Å². The third kappa shape index (κ3) is 4.69. The molecule has 0 aliphatic rings.